The molecule has 142 valence electrons. The highest BCUT2D eigenvalue weighted by Gasteiger charge is 2.27. The molecule has 0 bridgehead atoms. The van der Waals surface area contributed by atoms with Gasteiger partial charge in [0.15, 0.2) is 0 Å². The van der Waals surface area contributed by atoms with E-state index in [-0.39, 0.29) is 17.7 Å². The number of carbonyl (C=O) groups excluding carboxylic acids is 2. The predicted octanol–water partition coefficient (Wildman–Crippen LogP) is 3.29. The van der Waals surface area contributed by atoms with E-state index in [0.29, 0.717) is 30.3 Å². The van der Waals surface area contributed by atoms with Crippen LogP contribution in [-0.4, -0.2) is 24.9 Å². The highest BCUT2D eigenvalue weighted by molar-refractivity contribution is 6.04. The fraction of sp³-hybridized carbons (Fsp3) is 0.364. The van der Waals surface area contributed by atoms with Crippen molar-refractivity contribution in [3.05, 3.63) is 65.7 Å². The zero-order valence-corrected chi connectivity index (χ0v) is 15.5. The third-order valence-corrected chi connectivity index (χ3v) is 5.23. The number of hydrogen-bond donors (Lipinski definition) is 3. The molecule has 1 saturated carbocycles. The molecule has 0 heterocycles. The van der Waals surface area contributed by atoms with Crippen molar-refractivity contribution in [3.8, 4) is 0 Å². The highest BCUT2D eigenvalue weighted by Crippen LogP contribution is 2.36. The summed E-state index contributed by atoms with van der Waals surface area (Å²) in [4.78, 5) is 25.0. The van der Waals surface area contributed by atoms with E-state index in [1.54, 1.807) is 18.2 Å². The maximum absolute atomic E-state index is 12.7. The molecule has 0 radical (unpaired) electrons. The van der Waals surface area contributed by atoms with Gasteiger partial charge in [-0.3, -0.25) is 9.59 Å². The van der Waals surface area contributed by atoms with Gasteiger partial charge in [0.25, 0.3) is 5.91 Å². The number of rotatable bonds is 6. The molecule has 5 heteroatoms. The van der Waals surface area contributed by atoms with Crippen LogP contribution in [0.25, 0.3) is 0 Å². The smallest absolute Gasteiger partial charge is 0.253 e. The number of anilines is 1. The van der Waals surface area contributed by atoms with Crippen LogP contribution >= 0.6 is 0 Å². The SMILES string of the molecule is NCCNC(=O)c1ccccc1NC(=O)C1CCC(c2ccccc2)CC1. The molecule has 2 aromatic carbocycles. The summed E-state index contributed by atoms with van der Waals surface area (Å²) in [5, 5.41) is 5.71. The third kappa shape index (κ3) is 4.95. The first-order valence-electron chi connectivity index (χ1n) is 9.62. The van der Waals surface area contributed by atoms with Gasteiger partial charge in [0.05, 0.1) is 11.3 Å². The monoisotopic (exact) mass is 365 g/mol. The van der Waals surface area contributed by atoms with Crippen molar-refractivity contribution >= 4 is 17.5 Å². The Hall–Kier alpha value is -2.66. The Morgan fingerprint density at radius 3 is 2.30 bits per heavy atom. The summed E-state index contributed by atoms with van der Waals surface area (Å²) in [5.41, 5.74) is 7.83. The normalized spacial score (nSPS) is 19.3. The summed E-state index contributed by atoms with van der Waals surface area (Å²) in [6.45, 7) is 0.787. The summed E-state index contributed by atoms with van der Waals surface area (Å²) < 4.78 is 0. The van der Waals surface area contributed by atoms with Crippen LogP contribution in [0.1, 0.15) is 47.5 Å². The Labute approximate surface area is 160 Å². The molecule has 2 amide bonds. The van der Waals surface area contributed by atoms with Crippen LogP contribution in [0.2, 0.25) is 0 Å². The van der Waals surface area contributed by atoms with Crippen LogP contribution in [0.3, 0.4) is 0 Å². The van der Waals surface area contributed by atoms with Gasteiger partial charge >= 0.3 is 0 Å². The molecule has 1 fully saturated rings. The number of para-hydroxylation sites is 1. The van der Waals surface area contributed by atoms with E-state index >= 15 is 0 Å². The summed E-state index contributed by atoms with van der Waals surface area (Å²) in [6.07, 6.45) is 3.77. The van der Waals surface area contributed by atoms with E-state index in [4.69, 9.17) is 5.73 Å². The lowest BCUT2D eigenvalue weighted by molar-refractivity contribution is -0.120. The molecular formula is C22H27N3O2. The van der Waals surface area contributed by atoms with Gasteiger partial charge < -0.3 is 16.4 Å². The van der Waals surface area contributed by atoms with E-state index < -0.39 is 0 Å². The molecule has 3 rings (SSSR count). The van der Waals surface area contributed by atoms with Crippen molar-refractivity contribution < 1.29 is 9.59 Å². The zero-order valence-electron chi connectivity index (χ0n) is 15.5. The highest BCUT2D eigenvalue weighted by atomic mass is 16.2. The second-order valence-electron chi connectivity index (χ2n) is 7.04. The van der Waals surface area contributed by atoms with E-state index in [0.717, 1.165) is 25.7 Å². The van der Waals surface area contributed by atoms with E-state index in [9.17, 15) is 9.59 Å². The second-order valence-corrected chi connectivity index (χ2v) is 7.04. The minimum Gasteiger partial charge on any atom is -0.351 e. The molecule has 0 aromatic heterocycles. The van der Waals surface area contributed by atoms with Gasteiger partial charge in [-0.1, -0.05) is 42.5 Å². The number of nitrogens with two attached hydrogens (primary N) is 1. The van der Waals surface area contributed by atoms with Crippen molar-refractivity contribution in [3.63, 3.8) is 0 Å². The minimum atomic E-state index is -0.218. The van der Waals surface area contributed by atoms with Crippen molar-refractivity contribution in [1.29, 1.82) is 0 Å². The van der Waals surface area contributed by atoms with Gasteiger partial charge in [-0.25, -0.2) is 0 Å². The Kier molecular flexibility index (Phi) is 6.60. The summed E-state index contributed by atoms with van der Waals surface area (Å²) in [6, 6.07) is 17.6. The Morgan fingerprint density at radius 2 is 1.59 bits per heavy atom. The zero-order chi connectivity index (χ0) is 19.1. The Balaban J connectivity index is 1.59. The molecule has 0 aliphatic heterocycles. The van der Waals surface area contributed by atoms with Gasteiger partial charge in [-0.15, -0.1) is 0 Å². The van der Waals surface area contributed by atoms with Gasteiger partial charge in [-0.05, 0) is 49.3 Å². The second kappa shape index (κ2) is 9.33. The summed E-state index contributed by atoms with van der Waals surface area (Å²) >= 11 is 0. The largest absolute Gasteiger partial charge is 0.351 e. The van der Waals surface area contributed by atoms with Crippen LogP contribution in [-0.2, 0) is 4.79 Å². The average molecular weight is 365 g/mol. The first-order chi connectivity index (χ1) is 13.2. The number of nitrogens with one attached hydrogen (secondary N) is 2. The fourth-order valence-electron chi connectivity index (χ4n) is 3.72. The molecule has 0 saturated heterocycles. The van der Waals surface area contributed by atoms with Crippen LogP contribution in [0.15, 0.2) is 54.6 Å². The van der Waals surface area contributed by atoms with Crippen LogP contribution in [0.5, 0.6) is 0 Å². The number of amides is 2. The van der Waals surface area contributed by atoms with Gasteiger partial charge in [0, 0.05) is 19.0 Å². The van der Waals surface area contributed by atoms with Crippen molar-refractivity contribution in [2.45, 2.75) is 31.6 Å². The Morgan fingerprint density at radius 1 is 0.926 bits per heavy atom. The molecular weight excluding hydrogens is 338 g/mol. The lowest BCUT2D eigenvalue weighted by atomic mass is 9.78. The lowest BCUT2D eigenvalue weighted by Crippen LogP contribution is -2.31. The van der Waals surface area contributed by atoms with Crippen molar-refractivity contribution in [2.75, 3.05) is 18.4 Å². The minimum absolute atomic E-state index is 0.000543. The van der Waals surface area contributed by atoms with E-state index in [1.807, 2.05) is 12.1 Å². The standard InChI is InChI=1S/C22H27N3O2/c23-14-15-24-22(27)19-8-4-5-9-20(19)25-21(26)18-12-10-17(11-13-18)16-6-2-1-3-7-16/h1-9,17-18H,10-15,23H2,(H,24,27)(H,25,26). The number of carbonyl (C=O) groups is 2. The maximum atomic E-state index is 12.7. The molecule has 0 atom stereocenters. The fourth-order valence-corrected chi connectivity index (χ4v) is 3.72. The maximum Gasteiger partial charge on any atom is 0.253 e. The van der Waals surface area contributed by atoms with Crippen molar-refractivity contribution in [1.82, 2.24) is 5.32 Å². The van der Waals surface area contributed by atoms with Gasteiger partial charge in [-0.2, -0.15) is 0 Å². The summed E-state index contributed by atoms with van der Waals surface area (Å²) in [7, 11) is 0. The van der Waals surface area contributed by atoms with Crippen LogP contribution < -0.4 is 16.4 Å². The quantitative estimate of drug-likeness (QED) is 0.734. The number of hydrogen-bond acceptors (Lipinski definition) is 3. The first kappa shape index (κ1) is 19.1. The summed E-state index contributed by atoms with van der Waals surface area (Å²) in [5.74, 6) is 0.305. The topological polar surface area (TPSA) is 84.2 Å². The lowest BCUT2D eigenvalue weighted by Gasteiger charge is -2.28. The van der Waals surface area contributed by atoms with E-state index in [1.165, 1.54) is 5.56 Å². The van der Waals surface area contributed by atoms with Gasteiger partial charge in [0.1, 0.15) is 0 Å². The van der Waals surface area contributed by atoms with Crippen LogP contribution in [0, 0.1) is 5.92 Å². The molecule has 0 spiro atoms. The molecule has 27 heavy (non-hydrogen) atoms. The molecule has 4 N–H and O–H groups in total. The molecule has 2 aromatic rings. The molecule has 1 aliphatic rings. The first-order valence-corrected chi connectivity index (χ1v) is 9.62. The predicted molar refractivity (Wildman–Crippen MR) is 108 cm³/mol. The average Bonchev–Trinajstić information content (AvgIpc) is 2.73. The van der Waals surface area contributed by atoms with E-state index in [2.05, 4.69) is 34.9 Å². The third-order valence-electron chi connectivity index (χ3n) is 5.23. The number of benzene rings is 2. The molecule has 5 nitrogen and oxygen atoms in total. The van der Waals surface area contributed by atoms with Gasteiger partial charge in [0.2, 0.25) is 5.91 Å². The molecule has 1 aliphatic carbocycles. The van der Waals surface area contributed by atoms with Crippen LogP contribution in [0.4, 0.5) is 5.69 Å². The molecule has 0 unspecified atom stereocenters. The Bertz CT molecular complexity index is 768. The van der Waals surface area contributed by atoms with Crippen molar-refractivity contribution in [2.24, 2.45) is 11.7 Å².